The molecule has 0 spiro atoms. The average molecular weight is 405 g/mol. The van der Waals surface area contributed by atoms with E-state index in [1.54, 1.807) is 24.3 Å². The minimum Gasteiger partial charge on any atom is -0.456 e. The molecule has 2 rings (SSSR count). The highest BCUT2D eigenvalue weighted by atomic mass is 79.9. The van der Waals surface area contributed by atoms with Crippen molar-refractivity contribution < 1.29 is 9.13 Å². The molecule has 0 atom stereocenters. The Bertz CT molecular complexity index is 628. The van der Waals surface area contributed by atoms with E-state index in [1.807, 2.05) is 0 Å². The summed E-state index contributed by atoms with van der Waals surface area (Å²) in [5, 5.41) is 0. The molecule has 0 bridgehead atoms. The van der Waals surface area contributed by atoms with E-state index in [0.29, 0.717) is 21.5 Å². The van der Waals surface area contributed by atoms with Crippen LogP contribution >= 0.6 is 44.1 Å². The molecule has 2 aromatic carbocycles. The van der Waals surface area contributed by atoms with Gasteiger partial charge < -0.3 is 10.5 Å². The molecule has 0 saturated carbocycles. The van der Waals surface area contributed by atoms with E-state index in [-0.39, 0.29) is 4.99 Å². The lowest BCUT2D eigenvalue weighted by Gasteiger charge is -2.11. The van der Waals surface area contributed by atoms with E-state index < -0.39 is 5.82 Å². The molecule has 2 N–H and O–H groups in total. The molecule has 2 nitrogen and oxygen atoms in total. The lowest BCUT2D eigenvalue weighted by Crippen LogP contribution is -2.10. The highest BCUT2D eigenvalue weighted by Gasteiger charge is 2.09. The molecular formula is C13H8Br2FNOS. The normalized spacial score (nSPS) is 10.3. The van der Waals surface area contributed by atoms with Gasteiger partial charge in [0.2, 0.25) is 0 Å². The Kier molecular flexibility index (Phi) is 4.54. The van der Waals surface area contributed by atoms with Gasteiger partial charge in [0.05, 0.1) is 5.56 Å². The fraction of sp³-hybridized carbons (Fsp3) is 0. The molecule has 0 radical (unpaired) electrons. The van der Waals surface area contributed by atoms with Crippen LogP contribution in [-0.4, -0.2) is 4.99 Å². The standard InChI is InChI=1S/C13H8Br2FNOS/c14-7-1-2-12(11(5-7)13(17)19)18-10-4-8(15)3-9(16)6-10/h1-6H,(H2,17,19). The third kappa shape index (κ3) is 3.75. The van der Waals surface area contributed by atoms with Crippen molar-refractivity contribution in [3.05, 3.63) is 56.7 Å². The van der Waals surface area contributed by atoms with Crippen LogP contribution in [0.25, 0.3) is 0 Å². The Hall–Kier alpha value is -0.980. The minimum absolute atomic E-state index is 0.215. The summed E-state index contributed by atoms with van der Waals surface area (Å²) in [4.78, 5) is 0.215. The molecule has 6 heteroatoms. The van der Waals surface area contributed by atoms with E-state index in [9.17, 15) is 4.39 Å². The van der Waals surface area contributed by atoms with Crippen molar-refractivity contribution in [3.8, 4) is 11.5 Å². The monoisotopic (exact) mass is 403 g/mol. The zero-order valence-electron chi connectivity index (χ0n) is 9.49. The van der Waals surface area contributed by atoms with Gasteiger partial charge in [-0.15, -0.1) is 0 Å². The van der Waals surface area contributed by atoms with E-state index >= 15 is 0 Å². The Morgan fingerprint density at radius 1 is 1.11 bits per heavy atom. The summed E-state index contributed by atoms with van der Waals surface area (Å²) < 4.78 is 20.3. The number of thiocarbonyl (C=S) groups is 1. The molecule has 0 fully saturated rings. The topological polar surface area (TPSA) is 35.2 Å². The number of nitrogens with two attached hydrogens (primary N) is 1. The maximum absolute atomic E-state index is 13.3. The van der Waals surface area contributed by atoms with Crippen LogP contribution < -0.4 is 10.5 Å². The predicted octanol–water partition coefficient (Wildman–Crippen LogP) is 4.78. The van der Waals surface area contributed by atoms with Gasteiger partial charge in [-0.25, -0.2) is 4.39 Å². The Morgan fingerprint density at radius 3 is 2.47 bits per heavy atom. The first-order valence-electron chi connectivity index (χ1n) is 5.19. The number of benzene rings is 2. The molecule has 98 valence electrons. The van der Waals surface area contributed by atoms with Gasteiger partial charge in [0.25, 0.3) is 0 Å². The van der Waals surface area contributed by atoms with Gasteiger partial charge in [-0.05, 0) is 30.3 Å². The van der Waals surface area contributed by atoms with Crippen LogP contribution in [0.15, 0.2) is 45.3 Å². The molecule has 0 heterocycles. The van der Waals surface area contributed by atoms with Crippen LogP contribution in [0.2, 0.25) is 0 Å². The van der Waals surface area contributed by atoms with Crippen LogP contribution in [0.3, 0.4) is 0 Å². The number of rotatable bonds is 3. The second kappa shape index (κ2) is 5.98. The highest BCUT2D eigenvalue weighted by Crippen LogP contribution is 2.30. The Labute approximate surface area is 132 Å². The second-order valence-electron chi connectivity index (χ2n) is 3.71. The maximum atomic E-state index is 13.3. The summed E-state index contributed by atoms with van der Waals surface area (Å²) in [5.41, 5.74) is 6.23. The maximum Gasteiger partial charge on any atom is 0.137 e. The van der Waals surface area contributed by atoms with Crippen molar-refractivity contribution in [2.24, 2.45) is 5.73 Å². The molecule has 0 saturated heterocycles. The second-order valence-corrected chi connectivity index (χ2v) is 5.98. The number of ether oxygens (including phenoxy) is 1. The number of hydrogen-bond donors (Lipinski definition) is 1. The minimum atomic E-state index is -0.390. The SMILES string of the molecule is NC(=S)c1cc(Br)ccc1Oc1cc(F)cc(Br)c1. The van der Waals surface area contributed by atoms with Crippen molar-refractivity contribution in [2.75, 3.05) is 0 Å². The van der Waals surface area contributed by atoms with Crippen molar-refractivity contribution in [3.63, 3.8) is 0 Å². The zero-order valence-corrected chi connectivity index (χ0v) is 13.5. The van der Waals surface area contributed by atoms with Crippen LogP contribution in [-0.2, 0) is 0 Å². The van der Waals surface area contributed by atoms with E-state index in [0.717, 1.165) is 4.47 Å². The summed E-state index contributed by atoms with van der Waals surface area (Å²) in [6.07, 6.45) is 0. The van der Waals surface area contributed by atoms with Gasteiger partial charge in [0.1, 0.15) is 22.3 Å². The van der Waals surface area contributed by atoms with Crippen LogP contribution in [0.1, 0.15) is 5.56 Å². The average Bonchev–Trinajstić information content (AvgIpc) is 2.30. The van der Waals surface area contributed by atoms with Crippen molar-refractivity contribution in [1.29, 1.82) is 0 Å². The zero-order chi connectivity index (χ0) is 14.0. The van der Waals surface area contributed by atoms with Crippen molar-refractivity contribution >= 4 is 49.1 Å². The summed E-state index contributed by atoms with van der Waals surface area (Å²) in [6.45, 7) is 0. The van der Waals surface area contributed by atoms with Crippen LogP contribution in [0.4, 0.5) is 4.39 Å². The number of halogens is 3. The molecular weight excluding hydrogens is 397 g/mol. The first kappa shape index (κ1) is 14.4. The summed E-state index contributed by atoms with van der Waals surface area (Å²) >= 11 is 11.5. The van der Waals surface area contributed by atoms with Gasteiger partial charge in [-0.3, -0.25) is 0 Å². The summed E-state index contributed by atoms with van der Waals surface area (Å²) in [6, 6.07) is 9.57. The fourth-order valence-corrected chi connectivity index (χ4v) is 2.46. The lowest BCUT2D eigenvalue weighted by atomic mass is 10.2. The van der Waals surface area contributed by atoms with Crippen LogP contribution in [0.5, 0.6) is 11.5 Å². The molecule has 0 aliphatic carbocycles. The molecule has 19 heavy (non-hydrogen) atoms. The van der Waals surface area contributed by atoms with Gasteiger partial charge >= 0.3 is 0 Å². The van der Waals surface area contributed by atoms with Crippen molar-refractivity contribution in [2.45, 2.75) is 0 Å². The molecule has 0 aromatic heterocycles. The first-order chi connectivity index (χ1) is 8.95. The van der Waals surface area contributed by atoms with E-state index in [2.05, 4.69) is 31.9 Å². The van der Waals surface area contributed by atoms with E-state index in [4.69, 9.17) is 22.7 Å². The Morgan fingerprint density at radius 2 is 1.84 bits per heavy atom. The third-order valence-electron chi connectivity index (χ3n) is 2.27. The summed E-state index contributed by atoms with van der Waals surface area (Å²) in [5.74, 6) is 0.457. The van der Waals surface area contributed by atoms with Crippen molar-refractivity contribution in [1.82, 2.24) is 0 Å². The van der Waals surface area contributed by atoms with Gasteiger partial charge in [0, 0.05) is 15.0 Å². The van der Waals surface area contributed by atoms with E-state index in [1.165, 1.54) is 12.1 Å². The predicted molar refractivity (Wildman–Crippen MR) is 84.2 cm³/mol. The molecule has 2 aromatic rings. The smallest absolute Gasteiger partial charge is 0.137 e. The lowest BCUT2D eigenvalue weighted by molar-refractivity contribution is 0.475. The molecule has 0 amide bonds. The van der Waals surface area contributed by atoms with Gasteiger partial charge in [-0.1, -0.05) is 44.1 Å². The fourth-order valence-electron chi connectivity index (χ4n) is 1.50. The third-order valence-corrected chi connectivity index (χ3v) is 3.44. The number of hydrogen-bond acceptors (Lipinski definition) is 2. The van der Waals surface area contributed by atoms with Gasteiger partial charge in [-0.2, -0.15) is 0 Å². The largest absolute Gasteiger partial charge is 0.456 e. The quantitative estimate of drug-likeness (QED) is 0.747. The van der Waals surface area contributed by atoms with Gasteiger partial charge in [0.15, 0.2) is 0 Å². The Balaban J connectivity index is 2.40. The molecule has 0 unspecified atom stereocenters. The molecule has 0 aliphatic rings. The highest BCUT2D eigenvalue weighted by molar-refractivity contribution is 9.10. The molecule has 0 aliphatic heterocycles. The van der Waals surface area contributed by atoms with Crippen LogP contribution in [0, 0.1) is 5.82 Å². The summed E-state index contributed by atoms with van der Waals surface area (Å²) in [7, 11) is 0. The first-order valence-corrected chi connectivity index (χ1v) is 7.18.